The van der Waals surface area contributed by atoms with Crippen molar-refractivity contribution in [2.24, 2.45) is 5.73 Å². The number of amides is 1. The first-order valence-corrected chi connectivity index (χ1v) is 6.03. The maximum atomic E-state index is 11.4. The van der Waals surface area contributed by atoms with Crippen molar-refractivity contribution < 1.29 is 4.79 Å². The lowest BCUT2D eigenvalue weighted by atomic mass is 9.96. The van der Waals surface area contributed by atoms with Crippen LogP contribution in [0.25, 0.3) is 0 Å². The molecule has 17 heavy (non-hydrogen) atoms. The van der Waals surface area contributed by atoms with Gasteiger partial charge in [-0.2, -0.15) is 0 Å². The van der Waals surface area contributed by atoms with E-state index in [0.717, 1.165) is 19.4 Å². The van der Waals surface area contributed by atoms with Crippen LogP contribution in [0.4, 0.5) is 0 Å². The minimum absolute atomic E-state index is 0.00956. The van der Waals surface area contributed by atoms with Crippen molar-refractivity contribution >= 4 is 5.91 Å². The van der Waals surface area contributed by atoms with Crippen LogP contribution in [-0.2, 0) is 5.54 Å². The molecular weight excluding hydrogens is 216 g/mol. The second-order valence-corrected chi connectivity index (χ2v) is 5.15. The number of likely N-dealkylation sites (N-methyl/N-ethyl adjacent to an activating group) is 1. The topological polar surface area (TPSA) is 64.2 Å². The summed E-state index contributed by atoms with van der Waals surface area (Å²) >= 11 is 0. The van der Waals surface area contributed by atoms with E-state index in [9.17, 15) is 4.79 Å². The van der Waals surface area contributed by atoms with Gasteiger partial charge in [0.2, 0.25) is 0 Å². The average Bonchev–Trinajstić information content (AvgIpc) is 2.83. The Labute approximate surface area is 102 Å². The minimum Gasteiger partial charge on any atom is -0.363 e. The third kappa shape index (κ3) is 2.20. The monoisotopic (exact) mass is 236 g/mol. The van der Waals surface area contributed by atoms with E-state index in [1.54, 1.807) is 6.20 Å². The molecule has 0 aliphatic heterocycles. The Balaban J connectivity index is 2.38. The normalized spacial score (nSPS) is 18.8. The quantitative estimate of drug-likeness (QED) is 0.841. The Morgan fingerprint density at radius 3 is 2.71 bits per heavy atom. The van der Waals surface area contributed by atoms with Gasteiger partial charge in [-0.15, -0.1) is 0 Å². The summed E-state index contributed by atoms with van der Waals surface area (Å²) in [5.41, 5.74) is 5.37. The maximum Gasteiger partial charge on any atom is 0.284 e. The van der Waals surface area contributed by atoms with Crippen LogP contribution in [0.3, 0.4) is 0 Å². The largest absolute Gasteiger partial charge is 0.363 e. The van der Waals surface area contributed by atoms with Crippen LogP contribution in [-0.4, -0.2) is 41.0 Å². The summed E-state index contributed by atoms with van der Waals surface area (Å²) in [4.78, 5) is 17.6. The number of carbonyl (C=O) groups is 1. The van der Waals surface area contributed by atoms with Crippen molar-refractivity contribution in [2.45, 2.75) is 31.2 Å². The van der Waals surface area contributed by atoms with Gasteiger partial charge in [-0.05, 0) is 26.9 Å². The van der Waals surface area contributed by atoms with Crippen molar-refractivity contribution in [2.75, 3.05) is 20.6 Å². The molecule has 0 unspecified atom stereocenters. The molecule has 5 heteroatoms. The van der Waals surface area contributed by atoms with E-state index in [1.807, 2.05) is 10.8 Å². The van der Waals surface area contributed by atoms with Crippen LogP contribution < -0.4 is 5.73 Å². The van der Waals surface area contributed by atoms with Gasteiger partial charge in [0, 0.05) is 18.9 Å². The number of rotatable bonds is 4. The van der Waals surface area contributed by atoms with Crippen LogP contribution >= 0.6 is 0 Å². The summed E-state index contributed by atoms with van der Waals surface area (Å²) in [5.74, 6) is -0.0613. The van der Waals surface area contributed by atoms with E-state index in [-0.39, 0.29) is 5.54 Å². The Morgan fingerprint density at radius 2 is 2.18 bits per heavy atom. The van der Waals surface area contributed by atoms with E-state index in [0.29, 0.717) is 5.82 Å². The number of primary amides is 1. The number of hydrogen-bond donors (Lipinski definition) is 1. The van der Waals surface area contributed by atoms with Crippen LogP contribution in [0.5, 0.6) is 0 Å². The highest BCUT2D eigenvalue weighted by molar-refractivity contribution is 5.89. The third-order valence-electron chi connectivity index (χ3n) is 3.52. The molecule has 0 radical (unpaired) electrons. The zero-order valence-corrected chi connectivity index (χ0v) is 10.5. The van der Waals surface area contributed by atoms with Gasteiger partial charge in [-0.1, -0.05) is 12.8 Å². The van der Waals surface area contributed by atoms with E-state index in [4.69, 9.17) is 5.73 Å². The lowest BCUT2D eigenvalue weighted by Gasteiger charge is -2.34. The Morgan fingerprint density at radius 1 is 1.53 bits per heavy atom. The van der Waals surface area contributed by atoms with Gasteiger partial charge in [-0.3, -0.25) is 4.79 Å². The molecule has 2 rings (SSSR count). The summed E-state index contributed by atoms with van der Waals surface area (Å²) in [6.45, 7) is 0.920. The van der Waals surface area contributed by atoms with Gasteiger partial charge < -0.3 is 15.2 Å². The standard InChI is InChI=1S/C12H20N4O/c1-15(2)9-12(5-3-4-6-12)16-8-7-14-11(16)10(13)17/h7-8H,3-6,9H2,1-2H3,(H2,13,17). The summed E-state index contributed by atoms with van der Waals surface area (Å²) in [6.07, 6.45) is 8.11. The second-order valence-electron chi connectivity index (χ2n) is 5.15. The minimum atomic E-state index is -0.444. The molecule has 0 atom stereocenters. The molecule has 1 fully saturated rings. The number of nitrogens with zero attached hydrogens (tertiary/aromatic N) is 3. The summed E-state index contributed by atoms with van der Waals surface area (Å²) in [5, 5.41) is 0. The molecule has 1 aliphatic rings. The van der Waals surface area contributed by atoms with Crippen LogP contribution in [0, 0.1) is 0 Å². The number of nitrogens with two attached hydrogens (primary N) is 1. The Bertz CT molecular complexity index is 404. The Hall–Kier alpha value is -1.36. The van der Waals surface area contributed by atoms with Crippen molar-refractivity contribution in [3.63, 3.8) is 0 Å². The van der Waals surface area contributed by atoms with Crippen LogP contribution in [0.1, 0.15) is 36.3 Å². The second kappa shape index (κ2) is 4.49. The number of aromatic nitrogens is 2. The molecule has 1 aliphatic carbocycles. The molecular formula is C12H20N4O. The molecule has 0 spiro atoms. The first-order valence-electron chi connectivity index (χ1n) is 6.03. The van der Waals surface area contributed by atoms with E-state index in [1.165, 1.54) is 12.8 Å². The lowest BCUT2D eigenvalue weighted by molar-refractivity contribution is 0.0970. The number of imidazole rings is 1. The van der Waals surface area contributed by atoms with E-state index in [2.05, 4.69) is 24.0 Å². The molecule has 0 bridgehead atoms. The molecule has 1 saturated carbocycles. The SMILES string of the molecule is CN(C)CC1(n2ccnc2C(N)=O)CCCC1. The zero-order chi connectivity index (χ0) is 12.5. The number of hydrogen-bond acceptors (Lipinski definition) is 3. The van der Waals surface area contributed by atoms with E-state index >= 15 is 0 Å². The summed E-state index contributed by atoms with van der Waals surface area (Å²) in [6, 6.07) is 0. The highest BCUT2D eigenvalue weighted by atomic mass is 16.1. The highest BCUT2D eigenvalue weighted by Crippen LogP contribution is 2.37. The van der Waals surface area contributed by atoms with Crippen LogP contribution in [0.15, 0.2) is 12.4 Å². The third-order valence-corrected chi connectivity index (χ3v) is 3.52. The van der Waals surface area contributed by atoms with Crippen molar-refractivity contribution in [1.82, 2.24) is 14.5 Å². The summed E-state index contributed by atoms with van der Waals surface area (Å²) in [7, 11) is 4.11. The first-order chi connectivity index (χ1) is 8.05. The molecule has 2 N–H and O–H groups in total. The van der Waals surface area contributed by atoms with Gasteiger partial charge >= 0.3 is 0 Å². The van der Waals surface area contributed by atoms with Gasteiger partial charge in [0.15, 0.2) is 5.82 Å². The predicted octanol–water partition coefficient (Wildman–Crippen LogP) is 0.813. The lowest BCUT2D eigenvalue weighted by Crippen LogP contribution is -2.42. The van der Waals surface area contributed by atoms with E-state index < -0.39 is 5.91 Å². The molecule has 1 amide bonds. The van der Waals surface area contributed by atoms with Crippen LogP contribution in [0.2, 0.25) is 0 Å². The van der Waals surface area contributed by atoms with Crippen molar-refractivity contribution in [3.05, 3.63) is 18.2 Å². The molecule has 1 aromatic heterocycles. The van der Waals surface area contributed by atoms with Gasteiger partial charge in [-0.25, -0.2) is 4.98 Å². The predicted molar refractivity (Wildman–Crippen MR) is 65.7 cm³/mol. The molecule has 5 nitrogen and oxygen atoms in total. The fourth-order valence-electron chi connectivity index (χ4n) is 2.97. The molecule has 1 aromatic rings. The fourth-order valence-corrected chi connectivity index (χ4v) is 2.97. The zero-order valence-electron chi connectivity index (χ0n) is 10.5. The maximum absolute atomic E-state index is 11.4. The van der Waals surface area contributed by atoms with Crippen molar-refractivity contribution in [3.8, 4) is 0 Å². The molecule has 1 heterocycles. The van der Waals surface area contributed by atoms with Gasteiger partial charge in [0.05, 0.1) is 5.54 Å². The smallest absolute Gasteiger partial charge is 0.284 e. The fraction of sp³-hybridized carbons (Fsp3) is 0.667. The Kier molecular flexibility index (Phi) is 3.19. The first kappa shape index (κ1) is 12.1. The average molecular weight is 236 g/mol. The summed E-state index contributed by atoms with van der Waals surface area (Å²) < 4.78 is 1.99. The molecule has 0 saturated heterocycles. The van der Waals surface area contributed by atoms with Crippen molar-refractivity contribution in [1.29, 1.82) is 0 Å². The van der Waals surface area contributed by atoms with Gasteiger partial charge in [0.1, 0.15) is 0 Å². The number of carbonyl (C=O) groups excluding carboxylic acids is 1. The molecule has 94 valence electrons. The highest BCUT2D eigenvalue weighted by Gasteiger charge is 2.38. The molecule has 0 aromatic carbocycles. The van der Waals surface area contributed by atoms with Gasteiger partial charge in [0.25, 0.3) is 5.91 Å².